The zero-order chi connectivity index (χ0) is 19.1. The van der Waals surface area contributed by atoms with Gasteiger partial charge in [-0.15, -0.1) is 11.3 Å². The molecule has 0 aliphatic heterocycles. The minimum Gasteiger partial charge on any atom is -0.397 e. The molecule has 0 aliphatic rings. The summed E-state index contributed by atoms with van der Waals surface area (Å²) < 4.78 is 0. The summed E-state index contributed by atoms with van der Waals surface area (Å²) >= 11 is 1.33. The molecule has 3 N–H and O–H groups in total. The lowest BCUT2D eigenvalue weighted by molar-refractivity contribution is 0.103. The van der Waals surface area contributed by atoms with Crippen molar-refractivity contribution in [2.75, 3.05) is 11.1 Å². The molecule has 5 nitrogen and oxygen atoms in total. The van der Waals surface area contributed by atoms with Crippen LogP contribution in [0.25, 0.3) is 21.1 Å². The van der Waals surface area contributed by atoms with Gasteiger partial charge in [0, 0.05) is 22.2 Å². The molecule has 0 spiro atoms. The van der Waals surface area contributed by atoms with E-state index in [9.17, 15) is 4.79 Å². The van der Waals surface area contributed by atoms with Crippen molar-refractivity contribution in [3.63, 3.8) is 0 Å². The molecule has 6 heteroatoms. The van der Waals surface area contributed by atoms with Gasteiger partial charge in [-0.25, -0.2) is 4.98 Å². The largest absolute Gasteiger partial charge is 0.397 e. The number of para-hydroxylation sites is 1. The number of nitrogens with two attached hydrogens (primary N) is 1. The first-order valence-corrected chi connectivity index (χ1v) is 9.62. The summed E-state index contributed by atoms with van der Waals surface area (Å²) in [5.74, 6) is 0.0958. The summed E-state index contributed by atoms with van der Waals surface area (Å²) in [5.41, 5.74) is 10.2. The van der Waals surface area contributed by atoms with Crippen molar-refractivity contribution in [1.29, 1.82) is 0 Å². The van der Waals surface area contributed by atoms with Crippen molar-refractivity contribution in [3.05, 3.63) is 58.7 Å². The lowest BCUT2D eigenvalue weighted by Crippen LogP contribution is -2.12. The number of nitrogens with zero attached hydrogens (tertiary/aromatic N) is 2. The molecule has 1 aromatic carbocycles. The third-order valence-corrected chi connectivity index (χ3v) is 5.62. The molecule has 0 unspecified atom stereocenters. The number of fused-ring (bicyclic) bond motifs is 2. The normalized spacial score (nSPS) is 11.4. The van der Waals surface area contributed by atoms with Crippen LogP contribution >= 0.6 is 11.3 Å². The maximum Gasteiger partial charge on any atom is 0.267 e. The van der Waals surface area contributed by atoms with Gasteiger partial charge in [0.15, 0.2) is 0 Å². The average Bonchev–Trinajstić information content (AvgIpc) is 2.98. The number of carbonyl (C=O) groups excluding carboxylic acids is 1. The minimum absolute atomic E-state index is 0.225. The number of benzene rings is 1. The molecule has 4 rings (SSSR count). The van der Waals surface area contributed by atoms with E-state index < -0.39 is 0 Å². The van der Waals surface area contributed by atoms with E-state index in [1.807, 2.05) is 49.4 Å². The number of aromatic nitrogens is 2. The Hall–Kier alpha value is -2.99. The lowest BCUT2D eigenvalue weighted by atomic mass is 10.1. The Bertz CT molecular complexity index is 1180. The highest BCUT2D eigenvalue weighted by molar-refractivity contribution is 7.21. The monoisotopic (exact) mass is 376 g/mol. The minimum atomic E-state index is -0.225. The predicted octanol–water partition coefficient (Wildman–Crippen LogP) is 5.11. The number of aryl methyl sites for hydroxylation is 1. The Labute approximate surface area is 161 Å². The average molecular weight is 376 g/mol. The van der Waals surface area contributed by atoms with Gasteiger partial charge in [-0.2, -0.15) is 0 Å². The molecule has 0 saturated heterocycles. The second kappa shape index (κ2) is 6.63. The number of pyridine rings is 2. The van der Waals surface area contributed by atoms with Gasteiger partial charge >= 0.3 is 0 Å². The molecule has 1 amide bonds. The van der Waals surface area contributed by atoms with Gasteiger partial charge in [-0.05, 0) is 37.1 Å². The second-order valence-electron chi connectivity index (χ2n) is 6.87. The first-order valence-electron chi connectivity index (χ1n) is 8.80. The highest BCUT2D eigenvalue weighted by Crippen LogP contribution is 2.34. The number of hydrogen-bond acceptors (Lipinski definition) is 5. The van der Waals surface area contributed by atoms with Crippen molar-refractivity contribution in [3.8, 4) is 0 Å². The Morgan fingerprint density at radius 1 is 1.11 bits per heavy atom. The fraction of sp³-hybridized carbons (Fsp3) is 0.190. The van der Waals surface area contributed by atoms with Gasteiger partial charge in [-0.1, -0.05) is 32.0 Å². The molecule has 27 heavy (non-hydrogen) atoms. The molecule has 0 aliphatic carbocycles. The molecule has 3 heterocycles. The molecular formula is C21H20N4OS. The number of carbonyl (C=O) groups is 1. The van der Waals surface area contributed by atoms with Gasteiger partial charge in [0.05, 0.1) is 16.9 Å². The summed E-state index contributed by atoms with van der Waals surface area (Å²) in [6, 6.07) is 13.5. The fourth-order valence-electron chi connectivity index (χ4n) is 3.09. The van der Waals surface area contributed by atoms with Crippen LogP contribution in [0.4, 0.5) is 11.4 Å². The molecule has 3 aromatic heterocycles. The van der Waals surface area contributed by atoms with E-state index in [0.717, 1.165) is 38.2 Å². The quantitative estimate of drug-likeness (QED) is 0.520. The Morgan fingerprint density at radius 3 is 2.67 bits per heavy atom. The van der Waals surface area contributed by atoms with Crippen LogP contribution < -0.4 is 11.1 Å². The molecule has 0 atom stereocenters. The van der Waals surface area contributed by atoms with Crippen molar-refractivity contribution >= 4 is 49.7 Å². The molecule has 4 aromatic rings. The molecule has 0 radical (unpaired) electrons. The summed E-state index contributed by atoms with van der Waals surface area (Å²) in [6.45, 7) is 6.10. The Kier molecular flexibility index (Phi) is 4.28. The topological polar surface area (TPSA) is 80.9 Å². The highest BCUT2D eigenvalue weighted by atomic mass is 32.1. The third-order valence-electron chi connectivity index (χ3n) is 4.51. The van der Waals surface area contributed by atoms with E-state index >= 15 is 0 Å². The van der Waals surface area contributed by atoms with Gasteiger partial charge < -0.3 is 11.1 Å². The fourth-order valence-corrected chi connectivity index (χ4v) is 4.09. The maximum atomic E-state index is 12.9. The predicted molar refractivity (Wildman–Crippen MR) is 113 cm³/mol. The van der Waals surface area contributed by atoms with Crippen LogP contribution in [0.1, 0.15) is 40.8 Å². The van der Waals surface area contributed by atoms with Crippen LogP contribution in [0.5, 0.6) is 0 Å². The summed E-state index contributed by atoms with van der Waals surface area (Å²) in [6.07, 6.45) is 0. The van der Waals surface area contributed by atoms with E-state index in [2.05, 4.69) is 29.1 Å². The lowest BCUT2D eigenvalue weighted by Gasteiger charge is -2.09. The number of nitrogen functional groups attached to an aromatic ring is 1. The number of nitrogens with one attached hydrogen (secondary N) is 1. The summed E-state index contributed by atoms with van der Waals surface area (Å²) in [5, 5.41) is 4.73. The maximum absolute atomic E-state index is 12.9. The van der Waals surface area contributed by atoms with E-state index in [4.69, 9.17) is 5.73 Å². The van der Waals surface area contributed by atoms with Crippen LogP contribution in [0.15, 0.2) is 42.5 Å². The van der Waals surface area contributed by atoms with Crippen LogP contribution in [-0.4, -0.2) is 15.9 Å². The second-order valence-corrected chi connectivity index (χ2v) is 7.87. The number of hydrogen-bond donors (Lipinski definition) is 2. The highest BCUT2D eigenvalue weighted by Gasteiger charge is 2.19. The van der Waals surface area contributed by atoms with Crippen molar-refractivity contribution < 1.29 is 4.79 Å². The van der Waals surface area contributed by atoms with Crippen molar-refractivity contribution in [1.82, 2.24) is 9.97 Å². The number of amides is 1. The van der Waals surface area contributed by atoms with E-state index in [0.29, 0.717) is 16.5 Å². The van der Waals surface area contributed by atoms with Crippen molar-refractivity contribution in [2.45, 2.75) is 26.7 Å². The van der Waals surface area contributed by atoms with Gasteiger partial charge in [0.2, 0.25) is 0 Å². The molecule has 136 valence electrons. The Balaban J connectivity index is 1.75. The van der Waals surface area contributed by atoms with Gasteiger partial charge in [0.25, 0.3) is 5.91 Å². The van der Waals surface area contributed by atoms with Crippen molar-refractivity contribution in [2.24, 2.45) is 0 Å². The zero-order valence-electron chi connectivity index (χ0n) is 15.4. The third kappa shape index (κ3) is 3.13. The number of thiophene rings is 1. The summed E-state index contributed by atoms with van der Waals surface area (Å²) in [7, 11) is 0. The van der Waals surface area contributed by atoms with Crippen LogP contribution in [-0.2, 0) is 0 Å². The molecule has 0 fully saturated rings. The van der Waals surface area contributed by atoms with Gasteiger partial charge in [0.1, 0.15) is 9.71 Å². The van der Waals surface area contributed by atoms with E-state index in [-0.39, 0.29) is 5.91 Å². The number of anilines is 2. The first-order chi connectivity index (χ1) is 12.9. The smallest absolute Gasteiger partial charge is 0.267 e. The molecule has 0 saturated carbocycles. The standard InChI is InChI=1S/C21H20N4OS/c1-11(2)15-9-8-14-18(22)19(27-21(14)25-15)20(26)24-17-10-12(3)23-16-7-5-4-6-13(16)17/h4-11H,22H2,1-3H3,(H,23,24,26). The summed E-state index contributed by atoms with van der Waals surface area (Å²) in [4.78, 5) is 23.4. The molecule has 0 bridgehead atoms. The Morgan fingerprint density at radius 2 is 1.89 bits per heavy atom. The number of rotatable bonds is 3. The molecular weight excluding hydrogens is 356 g/mol. The van der Waals surface area contributed by atoms with E-state index in [1.165, 1.54) is 11.3 Å². The zero-order valence-corrected chi connectivity index (χ0v) is 16.2. The van der Waals surface area contributed by atoms with E-state index in [1.54, 1.807) is 0 Å². The van der Waals surface area contributed by atoms with Crippen LogP contribution in [0.2, 0.25) is 0 Å². The first kappa shape index (κ1) is 17.4. The van der Waals surface area contributed by atoms with Gasteiger partial charge in [-0.3, -0.25) is 9.78 Å². The van der Waals surface area contributed by atoms with Crippen LogP contribution in [0.3, 0.4) is 0 Å². The SMILES string of the molecule is Cc1cc(NC(=O)c2sc3nc(C(C)C)ccc3c2N)c2ccccc2n1. The van der Waals surface area contributed by atoms with Crippen LogP contribution in [0, 0.1) is 6.92 Å².